The van der Waals surface area contributed by atoms with E-state index in [1.807, 2.05) is 0 Å². The number of hydrogen-bond donors (Lipinski definition) is 1. The van der Waals surface area contributed by atoms with E-state index < -0.39 is 11.7 Å². The highest BCUT2D eigenvalue weighted by Crippen LogP contribution is 2.30. The Morgan fingerprint density at radius 1 is 1.33 bits per heavy atom. The van der Waals surface area contributed by atoms with E-state index in [-0.39, 0.29) is 18.0 Å². The van der Waals surface area contributed by atoms with Crippen molar-refractivity contribution in [2.24, 2.45) is 0 Å². The summed E-state index contributed by atoms with van der Waals surface area (Å²) in [6.07, 6.45) is -1.10. The first-order chi connectivity index (χ1) is 12.9. The summed E-state index contributed by atoms with van der Waals surface area (Å²) in [6, 6.07) is 4.99. The average Bonchev–Trinajstić information content (AvgIpc) is 3.06. The molecule has 0 bridgehead atoms. The molecule has 1 fully saturated rings. The molecule has 3 heterocycles. The molecule has 0 amide bonds. The van der Waals surface area contributed by atoms with Gasteiger partial charge < -0.3 is 9.72 Å². The van der Waals surface area contributed by atoms with Crippen molar-refractivity contribution in [1.29, 1.82) is 0 Å². The van der Waals surface area contributed by atoms with E-state index in [1.54, 1.807) is 10.7 Å². The van der Waals surface area contributed by atoms with E-state index in [9.17, 15) is 18.0 Å². The van der Waals surface area contributed by atoms with E-state index in [0.717, 1.165) is 25.0 Å². The van der Waals surface area contributed by atoms with Crippen LogP contribution >= 0.6 is 0 Å². The average molecular weight is 378 g/mol. The largest absolute Gasteiger partial charge is 0.416 e. The van der Waals surface area contributed by atoms with E-state index >= 15 is 0 Å². The molecule has 1 aliphatic heterocycles. The first-order valence-corrected chi connectivity index (χ1v) is 8.62. The summed E-state index contributed by atoms with van der Waals surface area (Å²) in [7, 11) is 0. The zero-order chi connectivity index (χ0) is 19.0. The van der Waals surface area contributed by atoms with E-state index in [1.165, 1.54) is 12.3 Å². The highest BCUT2D eigenvalue weighted by Gasteiger charge is 2.30. The van der Waals surface area contributed by atoms with Crippen molar-refractivity contribution in [3.63, 3.8) is 0 Å². The van der Waals surface area contributed by atoms with Crippen LogP contribution in [0, 0.1) is 0 Å². The van der Waals surface area contributed by atoms with Crippen molar-refractivity contribution in [3.05, 3.63) is 57.8 Å². The molecular formula is C18H17F3N4O2. The zero-order valence-electron chi connectivity index (χ0n) is 14.3. The molecular weight excluding hydrogens is 361 g/mol. The van der Waals surface area contributed by atoms with Crippen LogP contribution in [0.5, 0.6) is 0 Å². The Labute approximate surface area is 152 Å². The Kier molecular flexibility index (Phi) is 4.47. The second kappa shape index (κ2) is 6.80. The highest BCUT2D eigenvalue weighted by molar-refractivity contribution is 5.73. The van der Waals surface area contributed by atoms with Gasteiger partial charge >= 0.3 is 6.18 Å². The van der Waals surface area contributed by atoms with Crippen molar-refractivity contribution >= 4 is 11.0 Å². The minimum atomic E-state index is -4.42. The van der Waals surface area contributed by atoms with Crippen LogP contribution in [0.4, 0.5) is 13.2 Å². The van der Waals surface area contributed by atoms with Crippen LogP contribution in [0.1, 0.15) is 35.8 Å². The van der Waals surface area contributed by atoms with Crippen molar-refractivity contribution in [2.45, 2.75) is 31.5 Å². The zero-order valence-corrected chi connectivity index (χ0v) is 14.3. The summed E-state index contributed by atoms with van der Waals surface area (Å²) in [6.45, 7) is 1.19. The number of nitrogens with one attached hydrogen (secondary N) is 1. The van der Waals surface area contributed by atoms with Gasteiger partial charge in [-0.1, -0.05) is 18.2 Å². The maximum Gasteiger partial charge on any atom is 0.416 e. The summed E-state index contributed by atoms with van der Waals surface area (Å²) in [4.78, 5) is 19.5. The van der Waals surface area contributed by atoms with Gasteiger partial charge in [0.15, 0.2) is 5.65 Å². The number of ether oxygens (including phenoxy) is 1. The number of H-pyrrole nitrogens is 1. The molecule has 3 aromatic rings. The molecule has 0 radical (unpaired) electrons. The predicted molar refractivity (Wildman–Crippen MR) is 91.5 cm³/mol. The topological polar surface area (TPSA) is 72.8 Å². The molecule has 1 aromatic carbocycles. The Morgan fingerprint density at radius 2 is 2.19 bits per heavy atom. The molecule has 1 unspecified atom stereocenters. The SMILES string of the molecule is O=c1[nH]c(Cc2cccc(C(F)(F)F)c2)nc2c1cnn2C1CCCOC1. The first-order valence-electron chi connectivity index (χ1n) is 8.62. The molecule has 142 valence electrons. The monoisotopic (exact) mass is 378 g/mol. The van der Waals surface area contributed by atoms with Gasteiger partial charge in [-0.25, -0.2) is 9.67 Å². The third-order valence-electron chi connectivity index (χ3n) is 4.62. The summed E-state index contributed by atoms with van der Waals surface area (Å²) < 4.78 is 45.9. The smallest absolute Gasteiger partial charge is 0.379 e. The standard InChI is InChI=1S/C18H17F3N4O2/c19-18(20,21)12-4-1-3-11(7-12)8-15-23-16-14(17(26)24-15)9-22-25(16)13-5-2-6-27-10-13/h1,3-4,7,9,13H,2,5-6,8,10H2,(H,23,24,26). The summed E-state index contributed by atoms with van der Waals surface area (Å²) in [5, 5.41) is 4.63. The molecule has 27 heavy (non-hydrogen) atoms. The Morgan fingerprint density at radius 3 is 2.93 bits per heavy atom. The molecule has 2 aromatic heterocycles. The Balaban J connectivity index is 1.69. The van der Waals surface area contributed by atoms with Gasteiger partial charge in [-0.05, 0) is 24.5 Å². The highest BCUT2D eigenvalue weighted by atomic mass is 19.4. The van der Waals surface area contributed by atoms with Gasteiger partial charge in [-0.2, -0.15) is 18.3 Å². The van der Waals surface area contributed by atoms with Crippen molar-refractivity contribution < 1.29 is 17.9 Å². The lowest BCUT2D eigenvalue weighted by Crippen LogP contribution is -2.23. The molecule has 1 saturated heterocycles. The van der Waals surface area contributed by atoms with Crippen LogP contribution in [0.25, 0.3) is 11.0 Å². The lowest BCUT2D eigenvalue weighted by molar-refractivity contribution is -0.137. The number of nitrogens with zero attached hydrogens (tertiary/aromatic N) is 3. The minimum absolute atomic E-state index is 0.00745. The van der Waals surface area contributed by atoms with Crippen LogP contribution in [-0.4, -0.2) is 33.0 Å². The quantitative estimate of drug-likeness (QED) is 0.760. The van der Waals surface area contributed by atoms with Gasteiger partial charge in [0.25, 0.3) is 5.56 Å². The third-order valence-corrected chi connectivity index (χ3v) is 4.62. The molecule has 0 aliphatic carbocycles. The van der Waals surface area contributed by atoms with Crippen molar-refractivity contribution in [1.82, 2.24) is 19.7 Å². The Hall–Kier alpha value is -2.68. The molecule has 6 nitrogen and oxygen atoms in total. The lowest BCUT2D eigenvalue weighted by atomic mass is 10.1. The number of hydrogen-bond acceptors (Lipinski definition) is 4. The summed E-state index contributed by atoms with van der Waals surface area (Å²) in [5.41, 5.74) is -0.242. The van der Waals surface area contributed by atoms with Gasteiger partial charge in [0.2, 0.25) is 0 Å². The molecule has 4 rings (SSSR count). The van der Waals surface area contributed by atoms with E-state index in [0.29, 0.717) is 35.6 Å². The number of benzene rings is 1. The van der Waals surface area contributed by atoms with Crippen LogP contribution < -0.4 is 5.56 Å². The number of halogens is 3. The second-order valence-electron chi connectivity index (χ2n) is 6.58. The number of aromatic amines is 1. The van der Waals surface area contributed by atoms with Crippen LogP contribution in [0.3, 0.4) is 0 Å². The summed E-state index contributed by atoms with van der Waals surface area (Å²) in [5.74, 6) is 0.297. The van der Waals surface area contributed by atoms with Gasteiger partial charge in [-0.3, -0.25) is 4.79 Å². The van der Waals surface area contributed by atoms with Crippen LogP contribution in [0.2, 0.25) is 0 Å². The third kappa shape index (κ3) is 3.59. The van der Waals surface area contributed by atoms with Crippen molar-refractivity contribution in [3.8, 4) is 0 Å². The van der Waals surface area contributed by atoms with Gasteiger partial charge in [0, 0.05) is 13.0 Å². The predicted octanol–water partition coefficient (Wildman–Crippen LogP) is 3.08. The fourth-order valence-corrected chi connectivity index (χ4v) is 3.30. The normalized spacial score (nSPS) is 18.1. The molecule has 1 N–H and O–H groups in total. The van der Waals surface area contributed by atoms with Crippen LogP contribution in [0.15, 0.2) is 35.3 Å². The molecule has 0 saturated carbocycles. The van der Waals surface area contributed by atoms with E-state index in [4.69, 9.17) is 4.74 Å². The van der Waals surface area contributed by atoms with Gasteiger partial charge in [0.1, 0.15) is 11.2 Å². The molecule has 1 atom stereocenters. The number of alkyl halides is 3. The molecule has 1 aliphatic rings. The lowest BCUT2D eigenvalue weighted by Gasteiger charge is -2.22. The molecule has 9 heteroatoms. The van der Waals surface area contributed by atoms with Crippen LogP contribution in [-0.2, 0) is 17.3 Å². The fraction of sp³-hybridized carbons (Fsp3) is 0.389. The van der Waals surface area contributed by atoms with Gasteiger partial charge in [0.05, 0.1) is 24.4 Å². The number of rotatable bonds is 3. The summed E-state index contributed by atoms with van der Waals surface area (Å²) >= 11 is 0. The second-order valence-corrected chi connectivity index (χ2v) is 6.58. The maximum absolute atomic E-state index is 12.9. The number of aromatic nitrogens is 4. The first kappa shape index (κ1) is 17.7. The fourth-order valence-electron chi connectivity index (χ4n) is 3.30. The Bertz CT molecular complexity index is 1020. The number of fused-ring (bicyclic) bond motifs is 1. The minimum Gasteiger partial charge on any atom is -0.379 e. The van der Waals surface area contributed by atoms with E-state index in [2.05, 4.69) is 15.1 Å². The maximum atomic E-state index is 12.9. The van der Waals surface area contributed by atoms with Gasteiger partial charge in [-0.15, -0.1) is 0 Å². The molecule has 0 spiro atoms. The van der Waals surface area contributed by atoms with Crippen molar-refractivity contribution in [2.75, 3.05) is 13.2 Å².